The summed E-state index contributed by atoms with van der Waals surface area (Å²) in [5.74, 6) is 6.54. The van der Waals surface area contributed by atoms with Crippen LogP contribution in [0.4, 0.5) is 5.82 Å². The van der Waals surface area contributed by atoms with Gasteiger partial charge in [0.1, 0.15) is 11.6 Å². The van der Waals surface area contributed by atoms with Crippen LogP contribution in [0.25, 0.3) is 10.9 Å². The lowest BCUT2D eigenvalue weighted by atomic mass is 10.1. The van der Waals surface area contributed by atoms with E-state index in [1.54, 1.807) is 7.11 Å². The average Bonchev–Trinajstić information content (AvgIpc) is 2.36. The number of nitrogens with one attached hydrogen (secondary N) is 1. The van der Waals surface area contributed by atoms with Crippen molar-refractivity contribution in [3.8, 4) is 5.75 Å². The summed E-state index contributed by atoms with van der Waals surface area (Å²) in [4.78, 5) is 4.30. The zero-order valence-corrected chi connectivity index (χ0v) is 8.90. The van der Waals surface area contributed by atoms with Gasteiger partial charge in [-0.05, 0) is 18.2 Å². The van der Waals surface area contributed by atoms with Crippen LogP contribution in [0.3, 0.4) is 0 Å². The van der Waals surface area contributed by atoms with Gasteiger partial charge >= 0.3 is 0 Å². The van der Waals surface area contributed by atoms with Crippen LogP contribution < -0.4 is 16.0 Å². The normalized spacial score (nSPS) is 10.4. The summed E-state index contributed by atoms with van der Waals surface area (Å²) in [5, 5.41) is 10.1. The number of benzene rings is 1. The summed E-state index contributed by atoms with van der Waals surface area (Å²) in [6, 6.07) is 7.40. The maximum absolute atomic E-state index is 9.15. The van der Waals surface area contributed by atoms with Crippen LogP contribution in [0.1, 0.15) is 5.56 Å². The van der Waals surface area contributed by atoms with E-state index in [2.05, 4.69) is 10.4 Å². The summed E-state index contributed by atoms with van der Waals surface area (Å²) < 4.78 is 5.11. The first-order chi connectivity index (χ1) is 7.78. The molecular weight excluding hydrogens is 206 g/mol. The van der Waals surface area contributed by atoms with Gasteiger partial charge in [0.25, 0.3) is 0 Å². The van der Waals surface area contributed by atoms with E-state index in [1.807, 2.05) is 24.3 Å². The fourth-order valence-electron chi connectivity index (χ4n) is 1.56. The van der Waals surface area contributed by atoms with E-state index >= 15 is 0 Å². The summed E-state index contributed by atoms with van der Waals surface area (Å²) in [7, 11) is 1.60. The Morgan fingerprint density at radius 3 is 2.88 bits per heavy atom. The number of nitrogens with zero attached hydrogens (tertiary/aromatic N) is 1. The molecule has 84 valence electrons. The molecule has 1 aromatic carbocycles. The molecule has 0 atom stereocenters. The molecule has 0 aliphatic carbocycles. The third-order valence-electron chi connectivity index (χ3n) is 2.41. The van der Waals surface area contributed by atoms with Crippen LogP contribution in [-0.2, 0) is 6.61 Å². The van der Waals surface area contributed by atoms with E-state index in [0.717, 1.165) is 16.7 Å². The first-order valence-corrected chi connectivity index (χ1v) is 4.83. The van der Waals surface area contributed by atoms with Gasteiger partial charge in [-0.15, -0.1) is 0 Å². The number of ether oxygens (including phenoxy) is 1. The van der Waals surface area contributed by atoms with E-state index in [-0.39, 0.29) is 6.61 Å². The first kappa shape index (κ1) is 10.7. The number of aromatic nitrogens is 1. The van der Waals surface area contributed by atoms with Crippen molar-refractivity contribution in [2.24, 2.45) is 5.84 Å². The number of aliphatic hydroxyl groups excluding tert-OH is 1. The molecule has 0 aliphatic heterocycles. The number of pyridine rings is 1. The molecule has 1 aromatic heterocycles. The number of methoxy groups -OCH3 is 1. The molecule has 0 aliphatic rings. The van der Waals surface area contributed by atoms with Crippen LogP contribution in [-0.4, -0.2) is 17.2 Å². The smallest absolute Gasteiger partial charge is 0.146 e. The van der Waals surface area contributed by atoms with Gasteiger partial charge < -0.3 is 15.3 Å². The lowest BCUT2D eigenvalue weighted by Gasteiger charge is -2.08. The molecule has 0 amide bonds. The van der Waals surface area contributed by atoms with E-state index in [4.69, 9.17) is 15.7 Å². The lowest BCUT2D eigenvalue weighted by molar-refractivity contribution is 0.282. The van der Waals surface area contributed by atoms with Crippen LogP contribution >= 0.6 is 0 Å². The Morgan fingerprint density at radius 2 is 2.25 bits per heavy atom. The molecule has 2 rings (SSSR count). The van der Waals surface area contributed by atoms with Crippen LogP contribution in [0.2, 0.25) is 0 Å². The third kappa shape index (κ3) is 1.78. The van der Waals surface area contributed by atoms with Gasteiger partial charge in [0.05, 0.1) is 19.2 Å². The Bertz CT molecular complexity index is 514. The van der Waals surface area contributed by atoms with E-state index in [0.29, 0.717) is 11.4 Å². The number of aliphatic hydroxyl groups is 1. The maximum Gasteiger partial charge on any atom is 0.146 e. The Hall–Kier alpha value is -1.85. The van der Waals surface area contributed by atoms with Crippen molar-refractivity contribution >= 4 is 16.7 Å². The number of hydrazine groups is 1. The van der Waals surface area contributed by atoms with Gasteiger partial charge in [-0.25, -0.2) is 10.8 Å². The van der Waals surface area contributed by atoms with Gasteiger partial charge in [0, 0.05) is 17.0 Å². The minimum absolute atomic E-state index is 0.103. The molecule has 0 saturated carbocycles. The zero-order chi connectivity index (χ0) is 11.5. The Morgan fingerprint density at radius 1 is 1.44 bits per heavy atom. The highest BCUT2D eigenvalue weighted by molar-refractivity contribution is 5.83. The highest BCUT2D eigenvalue weighted by atomic mass is 16.5. The number of hydrogen-bond acceptors (Lipinski definition) is 5. The summed E-state index contributed by atoms with van der Waals surface area (Å²) >= 11 is 0. The topological polar surface area (TPSA) is 80.4 Å². The second-order valence-corrected chi connectivity index (χ2v) is 3.36. The molecular formula is C11H13N3O2. The molecule has 0 unspecified atom stereocenters. The highest BCUT2D eigenvalue weighted by Crippen LogP contribution is 2.23. The second-order valence-electron chi connectivity index (χ2n) is 3.36. The van der Waals surface area contributed by atoms with E-state index < -0.39 is 0 Å². The van der Waals surface area contributed by atoms with Gasteiger partial charge in [-0.2, -0.15) is 0 Å². The number of nitrogen functional groups attached to an aromatic ring is 1. The second kappa shape index (κ2) is 4.34. The zero-order valence-electron chi connectivity index (χ0n) is 8.90. The van der Waals surface area contributed by atoms with Crippen molar-refractivity contribution in [3.05, 3.63) is 29.8 Å². The largest absolute Gasteiger partial charge is 0.497 e. The minimum atomic E-state index is -0.103. The molecule has 2 aromatic rings. The van der Waals surface area contributed by atoms with Gasteiger partial charge in [0.2, 0.25) is 0 Å². The number of anilines is 1. The van der Waals surface area contributed by atoms with Crippen molar-refractivity contribution in [3.63, 3.8) is 0 Å². The maximum atomic E-state index is 9.15. The summed E-state index contributed by atoms with van der Waals surface area (Å²) in [6.45, 7) is -0.103. The van der Waals surface area contributed by atoms with Crippen molar-refractivity contribution in [1.29, 1.82) is 0 Å². The molecule has 5 nitrogen and oxygen atoms in total. The predicted molar refractivity (Wildman–Crippen MR) is 62.0 cm³/mol. The van der Waals surface area contributed by atoms with E-state index in [1.165, 1.54) is 0 Å². The minimum Gasteiger partial charge on any atom is -0.497 e. The summed E-state index contributed by atoms with van der Waals surface area (Å²) in [5.41, 5.74) is 3.90. The molecule has 4 N–H and O–H groups in total. The lowest BCUT2D eigenvalue weighted by Crippen LogP contribution is -2.11. The molecule has 0 bridgehead atoms. The SMILES string of the molecule is COc1ccc2cc(CO)c(NN)nc2c1. The Kier molecular flexibility index (Phi) is 2.89. The van der Waals surface area contributed by atoms with Crippen LogP contribution in [0.15, 0.2) is 24.3 Å². The van der Waals surface area contributed by atoms with Crippen molar-refractivity contribution in [2.75, 3.05) is 12.5 Å². The first-order valence-electron chi connectivity index (χ1n) is 4.83. The van der Waals surface area contributed by atoms with E-state index in [9.17, 15) is 0 Å². The molecule has 16 heavy (non-hydrogen) atoms. The standard InChI is InChI=1S/C11H13N3O2/c1-16-9-3-2-7-4-8(6-15)11(14-12)13-10(7)5-9/h2-5,15H,6,12H2,1H3,(H,13,14). The Balaban J connectivity index is 2.63. The van der Waals surface area contributed by atoms with Gasteiger partial charge in [0.15, 0.2) is 0 Å². The number of nitrogens with two attached hydrogens (primary N) is 1. The quantitative estimate of drug-likeness (QED) is 0.530. The van der Waals surface area contributed by atoms with Crippen molar-refractivity contribution in [1.82, 2.24) is 4.98 Å². The molecule has 0 radical (unpaired) electrons. The molecule has 1 heterocycles. The molecule has 0 saturated heterocycles. The molecule has 5 heteroatoms. The summed E-state index contributed by atoms with van der Waals surface area (Å²) in [6.07, 6.45) is 0. The number of rotatable bonds is 3. The number of hydrogen-bond donors (Lipinski definition) is 3. The average molecular weight is 219 g/mol. The molecule has 0 spiro atoms. The van der Waals surface area contributed by atoms with Crippen LogP contribution in [0, 0.1) is 0 Å². The van der Waals surface area contributed by atoms with Gasteiger partial charge in [-0.1, -0.05) is 0 Å². The Labute approximate surface area is 92.8 Å². The van der Waals surface area contributed by atoms with Crippen molar-refractivity contribution in [2.45, 2.75) is 6.61 Å². The fraction of sp³-hybridized carbons (Fsp3) is 0.182. The molecule has 0 fully saturated rings. The van der Waals surface area contributed by atoms with Crippen LogP contribution in [0.5, 0.6) is 5.75 Å². The predicted octanol–water partition coefficient (Wildman–Crippen LogP) is 1.02. The third-order valence-corrected chi connectivity index (χ3v) is 2.41. The monoisotopic (exact) mass is 219 g/mol. The highest BCUT2D eigenvalue weighted by Gasteiger charge is 2.05. The fourth-order valence-corrected chi connectivity index (χ4v) is 1.56. The van der Waals surface area contributed by atoms with Gasteiger partial charge in [-0.3, -0.25) is 0 Å². The van der Waals surface area contributed by atoms with Crippen molar-refractivity contribution < 1.29 is 9.84 Å². The number of fused-ring (bicyclic) bond motifs is 1.